The van der Waals surface area contributed by atoms with E-state index in [0.717, 1.165) is 6.42 Å². The summed E-state index contributed by atoms with van der Waals surface area (Å²) in [6.07, 6.45) is 1.55. The van der Waals surface area contributed by atoms with Gasteiger partial charge >= 0.3 is 0 Å². The van der Waals surface area contributed by atoms with Gasteiger partial charge in [0, 0.05) is 13.0 Å². The van der Waals surface area contributed by atoms with Crippen LogP contribution in [0.5, 0.6) is 0 Å². The van der Waals surface area contributed by atoms with Gasteiger partial charge in [0.2, 0.25) is 0 Å². The highest BCUT2D eigenvalue weighted by atomic mass is 16.5. The quantitative estimate of drug-likeness (QED) is 0.442. The van der Waals surface area contributed by atoms with Crippen molar-refractivity contribution in [2.24, 2.45) is 0 Å². The van der Waals surface area contributed by atoms with Crippen LogP contribution in [0.4, 0.5) is 0 Å². The van der Waals surface area contributed by atoms with Crippen LogP contribution >= 0.6 is 0 Å². The molecule has 1 aliphatic rings. The molecular formula is C5H7O2. The number of carbonyl (C=O) groups excluding carboxylic acids is 1. The van der Waals surface area contributed by atoms with Crippen molar-refractivity contribution in [2.45, 2.75) is 12.8 Å². The van der Waals surface area contributed by atoms with Gasteiger partial charge in [-0.25, -0.2) is 0 Å². The van der Waals surface area contributed by atoms with E-state index >= 15 is 0 Å². The summed E-state index contributed by atoms with van der Waals surface area (Å²) in [5.74, 6) is 0.117. The van der Waals surface area contributed by atoms with Gasteiger partial charge in [-0.3, -0.25) is 4.79 Å². The SMILES string of the molecule is O=C1[CH]OCCC1. The maximum absolute atomic E-state index is 10.3. The number of hydrogen-bond donors (Lipinski definition) is 0. The zero-order valence-electron chi connectivity index (χ0n) is 4.02. The highest BCUT2D eigenvalue weighted by molar-refractivity contribution is 5.85. The molecule has 1 fully saturated rings. The number of rotatable bonds is 0. The van der Waals surface area contributed by atoms with Crippen LogP contribution in [0.3, 0.4) is 0 Å². The molecule has 0 saturated carbocycles. The minimum atomic E-state index is 0.117. The summed E-state index contributed by atoms with van der Waals surface area (Å²) in [5, 5.41) is 0. The van der Waals surface area contributed by atoms with Crippen LogP contribution in [0.15, 0.2) is 0 Å². The van der Waals surface area contributed by atoms with Gasteiger partial charge in [0.15, 0.2) is 5.78 Å². The first-order valence-electron chi connectivity index (χ1n) is 2.37. The molecule has 0 aromatic heterocycles. The standard InChI is InChI=1S/C5H7O2/c6-5-2-1-3-7-4-5/h4H,1-3H2. The molecule has 2 heteroatoms. The third-order valence-corrected chi connectivity index (χ3v) is 0.900. The lowest BCUT2D eigenvalue weighted by Gasteiger charge is -2.06. The summed E-state index contributed by atoms with van der Waals surface area (Å²) < 4.78 is 4.71. The fourth-order valence-electron chi connectivity index (χ4n) is 0.541. The summed E-state index contributed by atoms with van der Waals surface area (Å²) >= 11 is 0. The molecule has 0 aromatic rings. The smallest absolute Gasteiger partial charge is 0.164 e. The third-order valence-electron chi connectivity index (χ3n) is 0.900. The van der Waals surface area contributed by atoms with Gasteiger partial charge in [-0.1, -0.05) is 0 Å². The summed E-state index contributed by atoms with van der Waals surface area (Å²) in [7, 11) is 0. The van der Waals surface area contributed by atoms with E-state index in [-0.39, 0.29) is 5.78 Å². The molecule has 0 N–H and O–H groups in total. The average Bonchev–Trinajstić information content (AvgIpc) is 1.69. The Morgan fingerprint density at radius 1 is 1.71 bits per heavy atom. The minimum absolute atomic E-state index is 0.117. The van der Waals surface area contributed by atoms with Crippen LogP contribution < -0.4 is 0 Å². The molecule has 0 spiro atoms. The van der Waals surface area contributed by atoms with Crippen molar-refractivity contribution in [1.29, 1.82) is 0 Å². The molecule has 7 heavy (non-hydrogen) atoms. The Hall–Kier alpha value is -0.370. The number of ether oxygens (including phenoxy) is 1. The molecule has 0 unspecified atom stereocenters. The number of hydrogen-bond acceptors (Lipinski definition) is 2. The normalized spacial score (nSPS) is 22.6. The zero-order valence-corrected chi connectivity index (χ0v) is 4.02. The molecule has 39 valence electrons. The second-order valence-corrected chi connectivity index (χ2v) is 1.56. The molecule has 0 bridgehead atoms. The first kappa shape index (κ1) is 4.78. The number of Topliss-reactive ketones (excluding diaryl/α,β-unsaturated/α-hetero) is 1. The number of ketones is 1. The van der Waals surface area contributed by atoms with E-state index in [1.54, 1.807) is 0 Å². The molecule has 1 aliphatic heterocycles. The highest BCUT2D eigenvalue weighted by Crippen LogP contribution is 2.02. The topological polar surface area (TPSA) is 26.3 Å². The molecule has 1 saturated heterocycles. The Kier molecular flexibility index (Phi) is 1.42. The predicted molar refractivity (Wildman–Crippen MR) is 24.5 cm³/mol. The second kappa shape index (κ2) is 2.07. The lowest BCUT2D eigenvalue weighted by Crippen LogP contribution is -2.10. The summed E-state index contributed by atoms with van der Waals surface area (Å²) in [6.45, 7) is 2.01. The highest BCUT2D eigenvalue weighted by Gasteiger charge is 2.07. The lowest BCUT2D eigenvalue weighted by atomic mass is 10.2. The van der Waals surface area contributed by atoms with Crippen LogP contribution in [-0.2, 0) is 9.53 Å². The maximum atomic E-state index is 10.3. The maximum Gasteiger partial charge on any atom is 0.164 e. The lowest BCUT2D eigenvalue weighted by molar-refractivity contribution is -0.122. The second-order valence-electron chi connectivity index (χ2n) is 1.56. The van der Waals surface area contributed by atoms with E-state index in [4.69, 9.17) is 4.74 Å². The van der Waals surface area contributed by atoms with E-state index < -0.39 is 0 Å². The molecule has 1 heterocycles. The van der Waals surface area contributed by atoms with Crippen LogP contribution in [0.1, 0.15) is 12.8 Å². The largest absolute Gasteiger partial charge is 0.367 e. The number of carbonyl (C=O) groups is 1. The van der Waals surface area contributed by atoms with Gasteiger partial charge in [-0.15, -0.1) is 0 Å². The summed E-state index contributed by atoms with van der Waals surface area (Å²) in [5.41, 5.74) is 0. The van der Waals surface area contributed by atoms with Crippen molar-refractivity contribution in [3.63, 3.8) is 0 Å². The first-order valence-corrected chi connectivity index (χ1v) is 2.37. The molecular weight excluding hydrogens is 92.1 g/mol. The predicted octanol–water partition coefficient (Wildman–Crippen LogP) is 0.528. The van der Waals surface area contributed by atoms with Gasteiger partial charge in [0.1, 0.15) is 6.61 Å². The van der Waals surface area contributed by atoms with Crippen molar-refractivity contribution in [2.75, 3.05) is 6.61 Å². The Morgan fingerprint density at radius 2 is 2.57 bits per heavy atom. The van der Waals surface area contributed by atoms with Crippen LogP contribution in [0.25, 0.3) is 0 Å². The Balaban J connectivity index is 2.25. The Labute approximate surface area is 42.5 Å². The summed E-state index contributed by atoms with van der Waals surface area (Å²) in [6, 6.07) is 0. The molecule has 2 nitrogen and oxygen atoms in total. The van der Waals surface area contributed by atoms with Crippen LogP contribution in [0, 0.1) is 6.61 Å². The van der Waals surface area contributed by atoms with Gasteiger partial charge in [-0.2, -0.15) is 0 Å². The van der Waals surface area contributed by atoms with Crippen molar-refractivity contribution in [3.05, 3.63) is 6.61 Å². The van der Waals surface area contributed by atoms with Crippen LogP contribution in [0.2, 0.25) is 0 Å². The fraction of sp³-hybridized carbons (Fsp3) is 0.600. The molecule has 0 amide bonds. The van der Waals surface area contributed by atoms with Gasteiger partial charge < -0.3 is 4.74 Å². The Morgan fingerprint density at radius 3 is 2.86 bits per heavy atom. The molecule has 0 aromatic carbocycles. The van der Waals surface area contributed by atoms with Gasteiger partial charge in [-0.05, 0) is 6.42 Å². The zero-order chi connectivity index (χ0) is 5.11. The molecule has 1 rings (SSSR count). The van der Waals surface area contributed by atoms with E-state index in [0.29, 0.717) is 13.0 Å². The first-order chi connectivity index (χ1) is 3.39. The van der Waals surface area contributed by atoms with E-state index in [2.05, 4.69) is 0 Å². The summed E-state index contributed by atoms with van der Waals surface area (Å²) in [4.78, 5) is 10.3. The minimum Gasteiger partial charge on any atom is -0.367 e. The van der Waals surface area contributed by atoms with Gasteiger partial charge in [0.05, 0.1) is 0 Å². The van der Waals surface area contributed by atoms with Crippen molar-refractivity contribution in [3.8, 4) is 0 Å². The van der Waals surface area contributed by atoms with Crippen molar-refractivity contribution < 1.29 is 9.53 Å². The molecule has 0 atom stereocenters. The third kappa shape index (κ3) is 1.27. The molecule has 1 radical (unpaired) electrons. The molecule has 0 aliphatic carbocycles. The van der Waals surface area contributed by atoms with Crippen molar-refractivity contribution >= 4 is 5.78 Å². The average molecular weight is 99.1 g/mol. The van der Waals surface area contributed by atoms with Crippen molar-refractivity contribution in [1.82, 2.24) is 0 Å². The fourth-order valence-corrected chi connectivity index (χ4v) is 0.541. The van der Waals surface area contributed by atoms with E-state index in [9.17, 15) is 4.79 Å². The van der Waals surface area contributed by atoms with Crippen LogP contribution in [-0.4, -0.2) is 12.4 Å². The van der Waals surface area contributed by atoms with Gasteiger partial charge in [0.25, 0.3) is 0 Å². The Bertz CT molecular complexity index is 70.1. The van der Waals surface area contributed by atoms with E-state index in [1.165, 1.54) is 6.61 Å². The van der Waals surface area contributed by atoms with E-state index in [1.807, 2.05) is 0 Å². The monoisotopic (exact) mass is 99.0 g/mol.